The largest absolute Gasteiger partial charge is 0.491 e. The fraction of sp³-hybridized carbons (Fsp3) is 0.294. The van der Waals surface area contributed by atoms with Crippen LogP contribution in [-0.2, 0) is 0 Å². The third kappa shape index (κ3) is 4.05. The van der Waals surface area contributed by atoms with E-state index in [4.69, 9.17) is 4.74 Å². The van der Waals surface area contributed by atoms with E-state index in [1.54, 1.807) is 6.07 Å². The van der Waals surface area contributed by atoms with Gasteiger partial charge in [-0.3, -0.25) is 0 Å². The summed E-state index contributed by atoms with van der Waals surface area (Å²) < 4.78 is 19.7. The van der Waals surface area contributed by atoms with Gasteiger partial charge in [-0.2, -0.15) is 0 Å². The number of benzene rings is 2. The van der Waals surface area contributed by atoms with Gasteiger partial charge in [-0.25, -0.2) is 4.39 Å². The highest BCUT2D eigenvalue weighted by atomic mass is 79.9. The summed E-state index contributed by atoms with van der Waals surface area (Å²) in [5.41, 5.74) is 2.06. The highest BCUT2D eigenvalue weighted by Crippen LogP contribution is 2.30. The molecule has 0 saturated carbocycles. The van der Waals surface area contributed by atoms with E-state index in [0.29, 0.717) is 0 Å². The second kappa shape index (κ2) is 7.05. The first kappa shape index (κ1) is 16.0. The highest BCUT2D eigenvalue weighted by Gasteiger charge is 2.16. The molecule has 1 unspecified atom stereocenters. The third-order valence-corrected chi connectivity index (χ3v) is 3.81. The van der Waals surface area contributed by atoms with Crippen molar-refractivity contribution < 1.29 is 9.13 Å². The molecule has 0 bridgehead atoms. The maximum Gasteiger partial charge on any atom is 0.124 e. The minimum Gasteiger partial charge on any atom is -0.491 e. The Hall–Kier alpha value is -1.39. The molecule has 0 fully saturated rings. The van der Waals surface area contributed by atoms with Crippen molar-refractivity contribution >= 4 is 15.9 Å². The van der Waals surface area contributed by atoms with E-state index in [2.05, 4.69) is 21.2 Å². The number of hydrogen-bond donors (Lipinski definition) is 1. The van der Waals surface area contributed by atoms with Gasteiger partial charge in [0.25, 0.3) is 0 Å². The maximum absolute atomic E-state index is 13.3. The highest BCUT2D eigenvalue weighted by molar-refractivity contribution is 9.10. The van der Waals surface area contributed by atoms with E-state index < -0.39 is 0 Å². The van der Waals surface area contributed by atoms with Crippen LogP contribution in [0.15, 0.2) is 46.9 Å². The molecule has 1 N–H and O–H groups in total. The van der Waals surface area contributed by atoms with Gasteiger partial charge in [0.2, 0.25) is 0 Å². The first-order valence-corrected chi connectivity index (χ1v) is 7.69. The van der Waals surface area contributed by atoms with Crippen molar-refractivity contribution in [2.75, 3.05) is 7.05 Å². The van der Waals surface area contributed by atoms with Crippen LogP contribution in [0, 0.1) is 5.82 Å². The Kier molecular flexibility index (Phi) is 5.37. The molecule has 0 aliphatic rings. The van der Waals surface area contributed by atoms with Crippen molar-refractivity contribution in [1.29, 1.82) is 0 Å². The van der Waals surface area contributed by atoms with E-state index in [9.17, 15) is 4.39 Å². The van der Waals surface area contributed by atoms with E-state index in [1.807, 2.05) is 45.2 Å². The molecule has 21 heavy (non-hydrogen) atoms. The summed E-state index contributed by atoms with van der Waals surface area (Å²) in [6.07, 6.45) is 0.130. The molecule has 0 amide bonds. The van der Waals surface area contributed by atoms with E-state index in [1.165, 1.54) is 12.1 Å². The Bertz CT molecular complexity index is 615. The molecule has 0 aromatic heterocycles. The van der Waals surface area contributed by atoms with Gasteiger partial charge in [0.1, 0.15) is 11.6 Å². The number of halogens is 2. The molecule has 2 aromatic carbocycles. The van der Waals surface area contributed by atoms with Crippen molar-refractivity contribution in [2.24, 2.45) is 0 Å². The average molecular weight is 352 g/mol. The Morgan fingerprint density at radius 1 is 1.14 bits per heavy atom. The average Bonchev–Trinajstić information content (AvgIpc) is 2.41. The lowest BCUT2D eigenvalue weighted by molar-refractivity contribution is 0.242. The van der Waals surface area contributed by atoms with Crippen molar-refractivity contribution in [2.45, 2.75) is 26.0 Å². The molecule has 112 valence electrons. The quantitative estimate of drug-likeness (QED) is 0.843. The Balaban J connectivity index is 2.37. The number of nitrogens with one attached hydrogen (secondary N) is 1. The first-order valence-electron chi connectivity index (χ1n) is 6.90. The zero-order valence-electron chi connectivity index (χ0n) is 12.4. The number of hydrogen-bond acceptors (Lipinski definition) is 2. The Labute approximate surface area is 133 Å². The topological polar surface area (TPSA) is 21.3 Å². The van der Waals surface area contributed by atoms with Crippen LogP contribution >= 0.6 is 15.9 Å². The molecule has 2 rings (SSSR count). The fourth-order valence-corrected chi connectivity index (χ4v) is 2.86. The Morgan fingerprint density at radius 2 is 1.90 bits per heavy atom. The zero-order chi connectivity index (χ0) is 15.4. The second-order valence-electron chi connectivity index (χ2n) is 5.13. The van der Waals surface area contributed by atoms with Crippen molar-refractivity contribution in [1.82, 2.24) is 5.32 Å². The molecule has 0 heterocycles. The summed E-state index contributed by atoms with van der Waals surface area (Å²) in [5, 5.41) is 3.27. The predicted octanol–water partition coefficient (Wildman–Crippen LogP) is 4.68. The van der Waals surface area contributed by atoms with Gasteiger partial charge >= 0.3 is 0 Å². The predicted molar refractivity (Wildman–Crippen MR) is 87.2 cm³/mol. The van der Waals surface area contributed by atoms with Gasteiger partial charge in [0.15, 0.2) is 0 Å². The summed E-state index contributed by atoms with van der Waals surface area (Å²) >= 11 is 3.43. The molecule has 0 radical (unpaired) electrons. The molecule has 4 heteroatoms. The normalized spacial score (nSPS) is 12.5. The summed E-state index contributed by atoms with van der Waals surface area (Å²) in [4.78, 5) is 0. The first-order chi connectivity index (χ1) is 10.0. The van der Waals surface area contributed by atoms with Gasteiger partial charge in [-0.05, 0) is 56.3 Å². The Morgan fingerprint density at radius 3 is 2.52 bits per heavy atom. The van der Waals surface area contributed by atoms with E-state index >= 15 is 0 Å². The van der Waals surface area contributed by atoms with Gasteiger partial charge < -0.3 is 10.1 Å². The van der Waals surface area contributed by atoms with Crippen LogP contribution in [0.4, 0.5) is 4.39 Å². The van der Waals surface area contributed by atoms with Crippen LogP contribution in [0.25, 0.3) is 0 Å². The molecule has 0 saturated heterocycles. The maximum atomic E-state index is 13.3. The monoisotopic (exact) mass is 351 g/mol. The fourth-order valence-electron chi connectivity index (χ4n) is 2.28. The molecule has 0 aliphatic carbocycles. The van der Waals surface area contributed by atoms with Crippen LogP contribution in [0.2, 0.25) is 0 Å². The van der Waals surface area contributed by atoms with Gasteiger partial charge in [0.05, 0.1) is 12.1 Å². The van der Waals surface area contributed by atoms with Crippen LogP contribution in [-0.4, -0.2) is 13.2 Å². The summed E-state index contributed by atoms with van der Waals surface area (Å²) in [6, 6.07) is 12.7. The lowest BCUT2D eigenvalue weighted by Gasteiger charge is -2.20. The molecular formula is C17H19BrFNO. The molecule has 2 aromatic rings. The second-order valence-corrected chi connectivity index (χ2v) is 5.98. The number of ether oxygens (including phenoxy) is 1. The van der Waals surface area contributed by atoms with Gasteiger partial charge in [0, 0.05) is 4.47 Å². The smallest absolute Gasteiger partial charge is 0.124 e. The standard InChI is InChI=1S/C17H19BrFNO/c1-11(2)21-14-6-4-5-12(9-14)17(20-3)15-8-7-13(19)10-16(15)18/h4-11,17,20H,1-3H3. The molecule has 1 atom stereocenters. The summed E-state index contributed by atoms with van der Waals surface area (Å²) in [7, 11) is 1.89. The van der Waals surface area contributed by atoms with Crippen molar-refractivity contribution in [3.8, 4) is 5.75 Å². The summed E-state index contributed by atoms with van der Waals surface area (Å²) in [5.74, 6) is 0.582. The summed E-state index contributed by atoms with van der Waals surface area (Å²) in [6.45, 7) is 4.00. The van der Waals surface area contributed by atoms with Crippen LogP contribution in [0.3, 0.4) is 0 Å². The number of rotatable bonds is 5. The SMILES string of the molecule is CNC(c1cccc(OC(C)C)c1)c1ccc(F)cc1Br. The van der Waals surface area contributed by atoms with Gasteiger partial charge in [-0.1, -0.05) is 34.1 Å². The molecule has 0 spiro atoms. The lowest BCUT2D eigenvalue weighted by atomic mass is 9.98. The zero-order valence-corrected chi connectivity index (χ0v) is 13.9. The van der Waals surface area contributed by atoms with Crippen LogP contribution in [0.5, 0.6) is 5.75 Å². The van der Waals surface area contributed by atoms with Gasteiger partial charge in [-0.15, -0.1) is 0 Å². The van der Waals surface area contributed by atoms with E-state index in [0.717, 1.165) is 21.3 Å². The molecule has 0 aliphatic heterocycles. The minimum absolute atomic E-state index is 0.0318. The van der Waals surface area contributed by atoms with Crippen LogP contribution < -0.4 is 10.1 Å². The third-order valence-electron chi connectivity index (χ3n) is 3.13. The van der Waals surface area contributed by atoms with E-state index in [-0.39, 0.29) is 18.0 Å². The lowest BCUT2D eigenvalue weighted by Crippen LogP contribution is -2.18. The van der Waals surface area contributed by atoms with Crippen molar-refractivity contribution in [3.05, 3.63) is 63.9 Å². The molecule has 2 nitrogen and oxygen atoms in total. The molecular weight excluding hydrogens is 333 g/mol. The van der Waals surface area contributed by atoms with Crippen LogP contribution in [0.1, 0.15) is 31.0 Å². The van der Waals surface area contributed by atoms with Crippen molar-refractivity contribution in [3.63, 3.8) is 0 Å². The minimum atomic E-state index is -0.252.